The van der Waals surface area contributed by atoms with Gasteiger partial charge in [0.25, 0.3) is 0 Å². The number of nitrogens with zero attached hydrogens (tertiary/aromatic N) is 3. The first-order chi connectivity index (χ1) is 15.6. The normalized spacial score (nSPS) is 10.7. The molecule has 162 valence electrons. The van der Waals surface area contributed by atoms with Gasteiger partial charge in [-0.05, 0) is 55.5 Å². The number of aromatic nitrogens is 2. The number of benzene rings is 3. The molecule has 0 atom stereocenters. The van der Waals surface area contributed by atoms with E-state index in [4.69, 9.17) is 9.72 Å². The van der Waals surface area contributed by atoms with Crippen LogP contribution in [0.5, 0.6) is 5.75 Å². The number of aryl methyl sites for hydroxylation is 1. The number of para-hydroxylation sites is 1. The Morgan fingerprint density at radius 3 is 2.44 bits per heavy atom. The standard InChI is InChI=1S/C26H24FN3O2/c1-3-25-28-24(19-13-15-20(27)16-14-19)18-30(25)22-11-8-12-23(17-22)32-26(31)29(4-2)21-9-6-5-7-10-21/h5-18H,3-4H2,1-2H3. The van der Waals surface area contributed by atoms with Crippen molar-refractivity contribution in [3.8, 4) is 22.7 Å². The van der Waals surface area contributed by atoms with E-state index >= 15 is 0 Å². The SMILES string of the molecule is CCc1nc(-c2ccc(F)cc2)cn1-c1cccc(OC(=O)N(CC)c2ccccc2)c1. The molecule has 1 heterocycles. The zero-order valence-electron chi connectivity index (χ0n) is 18.0. The van der Waals surface area contributed by atoms with Crippen molar-refractivity contribution >= 4 is 11.8 Å². The van der Waals surface area contributed by atoms with Gasteiger partial charge in [0.2, 0.25) is 0 Å². The van der Waals surface area contributed by atoms with Crippen molar-refractivity contribution in [3.63, 3.8) is 0 Å². The first-order valence-corrected chi connectivity index (χ1v) is 10.6. The molecule has 0 bridgehead atoms. The van der Waals surface area contributed by atoms with Crippen LogP contribution < -0.4 is 9.64 Å². The van der Waals surface area contributed by atoms with Gasteiger partial charge in [-0.1, -0.05) is 31.2 Å². The average molecular weight is 429 g/mol. The molecule has 0 aliphatic heterocycles. The second kappa shape index (κ2) is 9.47. The zero-order chi connectivity index (χ0) is 22.5. The molecule has 4 aromatic rings. The smallest absolute Gasteiger partial charge is 0.410 e. The molecule has 1 amide bonds. The Morgan fingerprint density at radius 1 is 1.00 bits per heavy atom. The monoisotopic (exact) mass is 429 g/mol. The van der Waals surface area contributed by atoms with Gasteiger partial charge in [0, 0.05) is 36.5 Å². The molecular formula is C26H24FN3O2. The van der Waals surface area contributed by atoms with Gasteiger partial charge in [-0.15, -0.1) is 0 Å². The summed E-state index contributed by atoms with van der Waals surface area (Å²) < 4.78 is 20.9. The van der Waals surface area contributed by atoms with Crippen molar-refractivity contribution < 1.29 is 13.9 Å². The van der Waals surface area contributed by atoms with Gasteiger partial charge < -0.3 is 9.30 Å². The van der Waals surface area contributed by atoms with Gasteiger partial charge in [0.05, 0.1) is 11.4 Å². The number of rotatable bonds is 6. The average Bonchev–Trinajstić information content (AvgIpc) is 3.25. The quantitative estimate of drug-likeness (QED) is 0.363. The number of imidazole rings is 1. The highest BCUT2D eigenvalue weighted by Crippen LogP contribution is 2.25. The Bertz CT molecular complexity index is 1200. The number of hydrogen-bond donors (Lipinski definition) is 0. The third kappa shape index (κ3) is 4.54. The summed E-state index contributed by atoms with van der Waals surface area (Å²) in [5.41, 5.74) is 3.20. The predicted molar refractivity (Wildman–Crippen MR) is 124 cm³/mol. The topological polar surface area (TPSA) is 47.4 Å². The highest BCUT2D eigenvalue weighted by atomic mass is 19.1. The van der Waals surface area contributed by atoms with E-state index in [1.54, 1.807) is 23.1 Å². The lowest BCUT2D eigenvalue weighted by atomic mass is 10.2. The predicted octanol–water partition coefficient (Wildman–Crippen LogP) is 6.27. The molecule has 0 N–H and O–H groups in total. The van der Waals surface area contributed by atoms with Crippen LogP contribution in [0.15, 0.2) is 85.1 Å². The first-order valence-electron chi connectivity index (χ1n) is 10.6. The number of ether oxygens (including phenoxy) is 1. The molecule has 0 unspecified atom stereocenters. The minimum absolute atomic E-state index is 0.282. The Labute approximate surface area is 186 Å². The maximum absolute atomic E-state index is 13.3. The molecule has 0 saturated heterocycles. The fourth-order valence-corrected chi connectivity index (χ4v) is 3.53. The Balaban J connectivity index is 1.60. The van der Waals surface area contributed by atoms with E-state index in [2.05, 4.69) is 0 Å². The van der Waals surface area contributed by atoms with E-state index in [1.807, 2.05) is 73.1 Å². The van der Waals surface area contributed by atoms with Crippen LogP contribution in [0.4, 0.5) is 14.9 Å². The molecule has 5 nitrogen and oxygen atoms in total. The van der Waals surface area contributed by atoms with Gasteiger partial charge in [-0.3, -0.25) is 4.90 Å². The van der Waals surface area contributed by atoms with Crippen molar-refractivity contribution in [2.75, 3.05) is 11.4 Å². The van der Waals surface area contributed by atoms with Crippen molar-refractivity contribution in [2.24, 2.45) is 0 Å². The highest BCUT2D eigenvalue weighted by Gasteiger charge is 2.17. The summed E-state index contributed by atoms with van der Waals surface area (Å²) in [4.78, 5) is 19.1. The number of halogens is 1. The van der Waals surface area contributed by atoms with Crippen LogP contribution in [0, 0.1) is 5.82 Å². The summed E-state index contributed by atoms with van der Waals surface area (Å²) in [6.45, 7) is 4.42. The summed E-state index contributed by atoms with van der Waals surface area (Å²) in [7, 11) is 0. The van der Waals surface area contributed by atoms with Crippen molar-refractivity contribution in [2.45, 2.75) is 20.3 Å². The minimum Gasteiger partial charge on any atom is -0.410 e. The third-order valence-electron chi connectivity index (χ3n) is 5.14. The van der Waals surface area contributed by atoms with E-state index in [1.165, 1.54) is 12.1 Å². The van der Waals surface area contributed by atoms with E-state index in [0.29, 0.717) is 18.7 Å². The van der Waals surface area contributed by atoms with Gasteiger partial charge >= 0.3 is 6.09 Å². The van der Waals surface area contributed by atoms with Crippen LogP contribution in [-0.2, 0) is 6.42 Å². The number of hydrogen-bond acceptors (Lipinski definition) is 3. The number of carbonyl (C=O) groups is 1. The Morgan fingerprint density at radius 2 is 1.75 bits per heavy atom. The van der Waals surface area contributed by atoms with Crippen LogP contribution in [-0.4, -0.2) is 22.2 Å². The molecule has 6 heteroatoms. The van der Waals surface area contributed by atoms with Crippen molar-refractivity contribution in [1.82, 2.24) is 9.55 Å². The molecule has 0 radical (unpaired) electrons. The van der Waals surface area contributed by atoms with Crippen molar-refractivity contribution in [1.29, 1.82) is 0 Å². The molecule has 0 aliphatic rings. The van der Waals surface area contributed by atoms with E-state index in [9.17, 15) is 9.18 Å². The fraction of sp³-hybridized carbons (Fsp3) is 0.154. The second-order valence-corrected chi connectivity index (χ2v) is 7.22. The number of carbonyl (C=O) groups excluding carboxylic acids is 1. The molecule has 4 rings (SSSR count). The molecule has 0 fully saturated rings. The summed E-state index contributed by atoms with van der Waals surface area (Å²) in [5.74, 6) is 1.02. The number of amides is 1. The summed E-state index contributed by atoms with van der Waals surface area (Å²) in [5, 5.41) is 0. The van der Waals surface area contributed by atoms with Gasteiger partial charge in [-0.2, -0.15) is 0 Å². The summed E-state index contributed by atoms with van der Waals surface area (Å²) in [6.07, 6.45) is 2.18. The highest BCUT2D eigenvalue weighted by molar-refractivity contribution is 5.89. The molecule has 32 heavy (non-hydrogen) atoms. The van der Waals surface area contributed by atoms with Crippen LogP contribution in [0.3, 0.4) is 0 Å². The van der Waals surface area contributed by atoms with E-state index in [0.717, 1.165) is 28.5 Å². The Kier molecular flexibility index (Phi) is 6.31. The maximum Gasteiger partial charge on any atom is 0.419 e. The zero-order valence-corrected chi connectivity index (χ0v) is 18.0. The van der Waals surface area contributed by atoms with Crippen LogP contribution >= 0.6 is 0 Å². The molecular weight excluding hydrogens is 405 g/mol. The summed E-state index contributed by atoms with van der Waals surface area (Å²) in [6, 6.07) is 23.0. The Hall–Kier alpha value is -3.93. The third-order valence-corrected chi connectivity index (χ3v) is 5.14. The van der Waals surface area contributed by atoms with Crippen molar-refractivity contribution in [3.05, 3.63) is 96.7 Å². The second-order valence-electron chi connectivity index (χ2n) is 7.22. The first kappa shape index (κ1) is 21.3. The van der Waals surface area contributed by atoms with E-state index in [-0.39, 0.29) is 5.82 Å². The lowest BCUT2D eigenvalue weighted by Gasteiger charge is -2.20. The molecule has 3 aromatic carbocycles. The molecule has 0 spiro atoms. The van der Waals surface area contributed by atoms with Crippen LogP contribution in [0.1, 0.15) is 19.7 Å². The molecule has 1 aromatic heterocycles. The lowest BCUT2D eigenvalue weighted by Crippen LogP contribution is -2.33. The van der Waals surface area contributed by atoms with Gasteiger partial charge in [-0.25, -0.2) is 14.2 Å². The summed E-state index contributed by atoms with van der Waals surface area (Å²) >= 11 is 0. The molecule has 0 saturated carbocycles. The molecule has 0 aliphatic carbocycles. The largest absolute Gasteiger partial charge is 0.419 e. The minimum atomic E-state index is -0.441. The maximum atomic E-state index is 13.3. The number of anilines is 1. The van der Waals surface area contributed by atoms with Gasteiger partial charge in [0.15, 0.2) is 0 Å². The van der Waals surface area contributed by atoms with E-state index < -0.39 is 6.09 Å². The fourth-order valence-electron chi connectivity index (χ4n) is 3.53. The lowest BCUT2D eigenvalue weighted by molar-refractivity contribution is 0.208. The van der Waals surface area contributed by atoms with Crippen LogP contribution in [0.25, 0.3) is 16.9 Å². The van der Waals surface area contributed by atoms with Crippen LogP contribution in [0.2, 0.25) is 0 Å². The van der Waals surface area contributed by atoms with Gasteiger partial charge in [0.1, 0.15) is 17.4 Å².